The summed E-state index contributed by atoms with van der Waals surface area (Å²) in [6.45, 7) is 1.70. The Labute approximate surface area is 171 Å². The van der Waals surface area contributed by atoms with Gasteiger partial charge in [0, 0.05) is 10.7 Å². The topological polar surface area (TPSA) is 98.1 Å². The number of nitrogens with one attached hydrogen (secondary N) is 2. The fourth-order valence-electron chi connectivity index (χ4n) is 3.13. The Morgan fingerprint density at radius 2 is 2.10 bits per heavy atom. The number of nitrogens with zero attached hydrogens (tertiary/aromatic N) is 3. The third-order valence-corrected chi connectivity index (χ3v) is 5.08. The average Bonchev–Trinajstić information content (AvgIpc) is 3.18. The summed E-state index contributed by atoms with van der Waals surface area (Å²) in [6.07, 6.45) is 1.68. The van der Waals surface area contributed by atoms with E-state index in [9.17, 15) is 9.59 Å². The van der Waals surface area contributed by atoms with Gasteiger partial charge >= 0.3 is 0 Å². The largest absolute Gasteiger partial charge is 0.484 e. The first-order valence-corrected chi connectivity index (χ1v) is 9.36. The molecule has 0 aliphatic carbocycles. The van der Waals surface area contributed by atoms with E-state index >= 15 is 0 Å². The lowest BCUT2D eigenvalue weighted by Crippen LogP contribution is -2.29. The van der Waals surface area contributed by atoms with Gasteiger partial charge in [0.05, 0.1) is 12.5 Å². The molecule has 0 bridgehead atoms. The molecule has 3 aromatic rings. The van der Waals surface area contributed by atoms with Gasteiger partial charge in [-0.3, -0.25) is 14.9 Å². The molecule has 8 nitrogen and oxygen atoms in total. The van der Waals surface area contributed by atoms with Gasteiger partial charge in [-0.1, -0.05) is 29.8 Å². The lowest BCUT2D eigenvalue weighted by Gasteiger charge is -2.23. The molecule has 0 saturated carbocycles. The molecule has 9 heteroatoms. The van der Waals surface area contributed by atoms with Crippen LogP contribution in [-0.2, 0) is 9.59 Å². The summed E-state index contributed by atoms with van der Waals surface area (Å²) in [5.74, 6) is 0.588. The van der Waals surface area contributed by atoms with E-state index in [2.05, 4.69) is 20.7 Å². The second-order valence-corrected chi connectivity index (χ2v) is 7.02. The lowest BCUT2D eigenvalue weighted by atomic mass is 10.0. The van der Waals surface area contributed by atoms with Crippen molar-refractivity contribution in [2.45, 2.75) is 19.4 Å². The molecule has 148 valence electrons. The van der Waals surface area contributed by atoms with Crippen molar-refractivity contribution in [2.75, 3.05) is 17.2 Å². The molecule has 2 heterocycles. The van der Waals surface area contributed by atoms with E-state index < -0.39 is 0 Å². The zero-order chi connectivity index (χ0) is 20.4. The van der Waals surface area contributed by atoms with Crippen LogP contribution in [0.5, 0.6) is 5.75 Å². The molecule has 0 radical (unpaired) electrons. The minimum Gasteiger partial charge on any atom is -0.484 e. The molecule has 2 aromatic carbocycles. The van der Waals surface area contributed by atoms with Gasteiger partial charge in [0.25, 0.3) is 5.91 Å². The Hall–Kier alpha value is -3.39. The van der Waals surface area contributed by atoms with Crippen LogP contribution in [0.2, 0.25) is 5.02 Å². The summed E-state index contributed by atoms with van der Waals surface area (Å²) in [5.41, 5.74) is 2.36. The van der Waals surface area contributed by atoms with Crippen LogP contribution >= 0.6 is 11.6 Å². The Kier molecular flexibility index (Phi) is 5.18. The molecule has 1 aliphatic heterocycles. The van der Waals surface area contributed by atoms with Crippen LogP contribution in [-0.4, -0.2) is 33.2 Å². The van der Waals surface area contributed by atoms with Crippen molar-refractivity contribution in [3.63, 3.8) is 0 Å². The molecule has 0 unspecified atom stereocenters. The Morgan fingerprint density at radius 1 is 1.31 bits per heavy atom. The zero-order valence-corrected chi connectivity index (χ0v) is 16.3. The number of aromatic nitrogens is 3. The number of carbonyl (C=O) groups is 2. The molecule has 1 atom stereocenters. The lowest BCUT2D eigenvalue weighted by molar-refractivity contribution is -0.118. The van der Waals surface area contributed by atoms with Gasteiger partial charge in [-0.15, -0.1) is 0 Å². The van der Waals surface area contributed by atoms with Crippen molar-refractivity contribution in [3.8, 4) is 5.75 Å². The molecule has 2 amide bonds. The molecular weight excluding hydrogens is 394 g/mol. The predicted octanol–water partition coefficient (Wildman–Crippen LogP) is 3.19. The maximum Gasteiger partial charge on any atom is 0.262 e. The Morgan fingerprint density at radius 3 is 2.90 bits per heavy atom. The van der Waals surface area contributed by atoms with Gasteiger partial charge in [-0.2, -0.15) is 10.1 Å². The summed E-state index contributed by atoms with van der Waals surface area (Å²) in [5, 5.41) is 10.2. The van der Waals surface area contributed by atoms with Crippen LogP contribution in [0.25, 0.3) is 0 Å². The van der Waals surface area contributed by atoms with Crippen molar-refractivity contribution >= 4 is 35.1 Å². The number of carbonyl (C=O) groups excluding carboxylic acids is 2. The monoisotopic (exact) mass is 411 g/mol. The number of anilines is 2. The number of ether oxygens (including phenoxy) is 1. The standard InChI is InChI=1S/C20H18ClN5O3/c1-12-15(21)3-2-4-16(12)24-19(28)10-29-14-7-5-13(6-8-14)17-9-18(27)25-20-22-11-23-26(17)20/h2-8,11,17H,9-10H2,1H3,(H,24,28)(H,22,23,25,27)/t17-/m0/s1. The van der Waals surface area contributed by atoms with Crippen LogP contribution in [0.1, 0.15) is 23.6 Å². The van der Waals surface area contributed by atoms with Crippen molar-refractivity contribution < 1.29 is 14.3 Å². The molecule has 0 spiro atoms. The minimum absolute atomic E-state index is 0.108. The summed E-state index contributed by atoms with van der Waals surface area (Å²) in [7, 11) is 0. The van der Waals surface area contributed by atoms with Crippen molar-refractivity contribution in [3.05, 3.63) is 64.9 Å². The van der Waals surface area contributed by atoms with Crippen molar-refractivity contribution in [1.29, 1.82) is 0 Å². The van der Waals surface area contributed by atoms with Crippen LogP contribution in [0.15, 0.2) is 48.8 Å². The molecule has 1 aromatic heterocycles. The minimum atomic E-state index is -0.282. The number of amides is 2. The molecule has 2 N–H and O–H groups in total. The molecular formula is C20H18ClN5O3. The van der Waals surface area contributed by atoms with E-state index in [4.69, 9.17) is 16.3 Å². The number of halogens is 1. The molecule has 1 aliphatic rings. The molecule has 29 heavy (non-hydrogen) atoms. The molecule has 0 fully saturated rings. The van der Waals surface area contributed by atoms with E-state index in [1.54, 1.807) is 35.0 Å². The van der Waals surface area contributed by atoms with Crippen LogP contribution in [0, 0.1) is 6.92 Å². The van der Waals surface area contributed by atoms with Crippen molar-refractivity contribution in [1.82, 2.24) is 14.8 Å². The molecule has 4 rings (SSSR count). The highest BCUT2D eigenvalue weighted by Crippen LogP contribution is 2.29. The fraction of sp³-hybridized carbons (Fsp3) is 0.200. The Balaban J connectivity index is 1.39. The first-order valence-electron chi connectivity index (χ1n) is 8.98. The summed E-state index contributed by atoms with van der Waals surface area (Å²) >= 11 is 6.06. The van der Waals surface area contributed by atoms with Gasteiger partial charge in [0.2, 0.25) is 11.9 Å². The Bertz CT molecular complexity index is 1060. The maximum absolute atomic E-state index is 12.2. The van der Waals surface area contributed by atoms with E-state index in [1.807, 2.05) is 19.1 Å². The highest BCUT2D eigenvalue weighted by Gasteiger charge is 2.27. The first kappa shape index (κ1) is 18.9. The predicted molar refractivity (Wildman–Crippen MR) is 108 cm³/mol. The van der Waals surface area contributed by atoms with E-state index in [1.165, 1.54) is 6.33 Å². The van der Waals surface area contributed by atoms with Crippen molar-refractivity contribution in [2.24, 2.45) is 0 Å². The number of hydrogen-bond donors (Lipinski definition) is 2. The highest BCUT2D eigenvalue weighted by atomic mass is 35.5. The number of rotatable bonds is 5. The number of fused-ring (bicyclic) bond motifs is 1. The number of benzene rings is 2. The number of hydrogen-bond acceptors (Lipinski definition) is 5. The maximum atomic E-state index is 12.2. The quantitative estimate of drug-likeness (QED) is 0.671. The van der Waals surface area contributed by atoms with Gasteiger partial charge < -0.3 is 10.1 Å². The van der Waals surface area contributed by atoms with Gasteiger partial charge in [0.15, 0.2) is 6.61 Å². The van der Waals surface area contributed by atoms with E-state index in [-0.39, 0.29) is 30.9 Å². The highest BCUT2D eigenvalue weighted by molar-refractivity contribution is 6.31. The van der Waals surface area contributed by atoms with Crippen LogP contribution in [0.3, 0.4) is 0 Å². The van der Waals surface area contributed by atoms with Crippen LogP contribution in [0.4, 0.5) is 11.6 Å². The normalized spacial score (nSPS) is 15.4. The van der Waals surface area contributed by atoms with Gasteiger partial charge in [-0.25, -0.2) is 4.68 Å². The van der Waals surface area contributed by atoms with Gasteiger partial charge in [-0.05, 0) is 42.3 Å². The SMILES string of the molecule is Cc1c(Cl)cccc1NC(=O)COc1ccc([C@@H]2CC(=O)Nc3ncnn32)cc1. The van der Waals surface area contributed by atoms with Gasteiger partial charge in [0.1, 0.15) is 12.1 Å². The zero-order valence-electron chi connectivity index (χ0n) is 15.6. The van der Waals surface area contributed by atoms with E-state index in [0.29, 0.717) is 22.4 Å². The summed E-state index contributed by atoms with van der Waals surface area (Å²) in [6, 6.07) is 12.3. The third-order valence-electron chi connectivity index (χ3n) is 4.67. The smallest absolute Gasteiger partial charge is 0.262 e. The van der Waals surface area contributed by atoms with Crippen LogP contribution < -0.4 is 15.4 Å². The summed E-state index contributed by atoms with van der Waals surface area (Å²) in [4.78, 5) is 28.1. The second-order valence-electron chi connectivity index (χ2n) is 6.61. The molecule has 0 saturated heterocycles. The van der Waals surface area contributed by atoms with E-state index in [0.717, 1.165) is 11.1 Å². The summed E-state index contributed by atoms with van der Waals surface area (Å²) < 4.78 is 7.25. The second kappa shape index (κ2) is 7.92. The average molecular weight is 412 g/mol. The fourth-order valence-corrected chi connectivity index (χ4v) is 3.30. The third kappa shape index (κ3) is 4.07. The first-order chi connectivity index (χ1) is 14.0.